The van der Waals surface area contributed by atoms with Crippen molar-refractivity contribution < 1.29 is 19.7 Å². The van der Waals surface area contributed by atoms with Crippen molar-refractivity contribution in [2.24, 2.45) is 5.10 Å². The highest BCUT2D eigenvalue weighted by Gasteiger charge is 2.13. The highest BCUT2D eigenvalue weighted by atomic mass is 16.5. The third-order valence-electron chi connectivity index (χ3n) is 3.26. The van der Waals surface area contributed by atoms with Crippen LogP contribution in [0.15, 0.2) is 47.6 Å². The van der Waals surface area contributed by atoms with E-state index in [1.165, 1.54) is 24.4 Å². The van der Waals surface area contributed by atoms with Gasteiger partial charge in [0.2, 0.25) is 0 Å². The molecule has 0 saturated heterocycles. The number of hydrogen-bond acceptors (Lipinski definition) is 6. The van der Waals surface area contributed by atoms with Gasteiger partial charge in [-0.1, -0.05) is 12.1 Å². The Hall–Kier alpha value is -3.22. The summed E-state index contributed by atoms with van der Waals surface area (Å²) in [6, 6.07) is 10.8. The van der Waals surface area contributed by atoms with E-state index >= 15 is 0 Å². The zero-order valence-electron chi connectivity index (χ0n) is 13.4. The second-order valence-electron chi connectivity index (χ2n) is 5.04. The number of amides is 1. The second-order valence-corrected chi connectivity index (χ2v) is 5.04. The van der Waals surface area contributed by atoms with Crippen molar-refractivity contribution in [2.45, 2.75) is 13.0 Å². The van der Waals surface area contributed by atoms with E-state index in [0.717, 1.165) is 0 Å². The number of carbonyl (C=O) groups is 1. The number of methoxy groups -OCH3 is 1. The highest BCUT2D eigenvalue weighted by Crippen LogP contribution is 2.23. The van der Waals surface area contributed by atoms with Gasteiger partial charge in [-0.25, -0.2) is 5.43 Å². The zero-order valence-corrected chi connectivity index (χ0v) is 13.4. The Morgan fingerprint density at radius 3 is 2.71 bits per heavy atom. The number of para-hydroxylation sites is 2. The summed E-state index contributed by atoms with van der Waals surface area (Å²) in [4.78, 5) is 12.0. The number of phenols is 2. The molecule has 4 N–H and O–H groups in total. The molecule has 0 aliphatic carbocycles. The van der Waals surface area contributed by atoms with Crippen LogP contribution in [0.3, 0.4) is 0 Å². The fourth-order valence-electron chi connectivity index (χ4n) is 1.97. The van der Waals surface area contributed by atoms with E-state index in [1.54, 1.807) is 26.2 Å². The van der Waals surface area contributed by atoms with Crippen molar-refractivity contribution in [3.8, 4) is 17.2 Å². The summed E-state index contributed by atoms with van der Waals surface area (Å²) in [6.45, 7) is 1.69. The van der Waals surface area contributed by atoms with Crippen LogP contribution in [0.4, 0.5) is 5.69 Å². The number of rotatable bonds is 6. The molecule has 1 amide bonds. The van der Waals surface area contributed by atoms with Crippen LogP contribution < -0.4 is 15.5 Å². The first-order chi connectivity index (χ1) is 11.5. The summed E-state index contributed by atoms with van der Waals surface area (Å²) in [7, 11) is 1.56. The molecule has 2 aromatic carbocycles. The van der Waals surface area contributed by atoms with Gasteiger partial charge in [-0.05, 0) is 31.2 Å². The van der Waals surface area contributed by atoms with E-state index in [0.29, 0.717) is 17.0 Å². The molecule has 0 spiro atoms. The fourth-order valence-corrected chi connectivity index (χ4v) is 1.97. The van der Waals surface area contributed by atoms with E-state index in [9.17, 15) is 15.0 Å². The molecule has 0 aliphatic heterocycles. The molecular formula is C17H19N3O4. The Morgan fingerprint density at radius 2 is 2.00 bits per heavy atom. The normalized spacial score (nSPS) is 11.9. The molecular weight excluding hydrogens is 310 g/mol. The van der Waals surface area contributed by atoms with Gasteiger partial charge in [0.05, 0.1) is 19.0 Å². The van der Waals surface area contributed by atoms with Gasteiger partial charge in [-0.2, -0.15) is 5.10 Å². The predicted octanol–water partition coefficient (Wildman–Crippen LogP) is 2.06. The van der Waals surface area contributed by atoms with Gasteiger partial charge in [0.15, 0.2) is 0 Å². The van der Waals surface area contributed by atoms with Crippen LogP contribution in [0.2, 0.25) is 0 Å². The molecule has 1 atom stereocenters. The lowest BCUT2D eigenvalue weighted by molar-refractivity contribution is -0.121. The first-order valence-corrected chi connectivity index (χ1v) is 7.25. The van der Waals surface area contributed by atoms with Crippen molar-refractivity contribution in [2.75, 3.05) is 12.4 Å². The average molecular weight is 329 g/mol. The number of nitrogens with zero attached hydrogens (tertiary/aromatic N) is 1. The number of hydrazone groups is 1. The first kappa shape index (κ1) is 17.1. The summed E-state index contributed by atoms with van der Waals surface area (Å²) < 4.78 is 5.22. The number of nitrogens with one attached hydrogen (secondary N) is 2. The molecule has 24 heavy (non-hydrogen) atoms. The Bertz CT molecular complexity index is 746. The van der Waals surface area contributed by atoms with Gasteiger partial charge in [0.25, 0.3) is 5.91 Å². The van der Waals surface area contributed by atoms with Crippen LogP contribution in [0, 0.1) is 0 Å². The van der Waals surface area contributed by atoms with Crippen molar-refractivity contribution in [1.82, 2.24) is 5.43 Å². The molecule has 2 rings (SSSR count). The average Bonchev–Trinajstić information content (AvgIpc) is 2.57. The minimum atomic E-state index is -0.549. The minimum Gasteiger partial charge on any atom is -0.508 e. The fraction of sp³-hybridized carbons (Fsp3) is 0.176. The standard InChI is InChI=1S/C17H19N3O4/c1-11(19-14-5-3-4-6-16(14)24-2)17(23)20-18-10-12-7-8-13(21)9-15(12)22/h3-11,19,21-22H,1-2H3,(H,20,23)/b18-10-/t11-/m1/s1. The molecule has 0 bridgehead atoms. The van der Waals surface area contributed by atoms with Gasteiger partial charge in [0.1, 0.15) is 23.3 Å². The Morgan fingerprint density at radius 1 is 1.25 bits per heavy atom. The maximum absolute atomic E-state index is 12.0. The van der Waals surface area contributed by atoms with E-state index in [2.05, 4.69) is 15.8 Å². The number of anilines is 1. The summed E-state index contributed by atoms with van der Waals surface area (Å²) in [5.74, 6) is 0.0987. The molecule has 7 heteroatoms. The van der Waals surface area contributed by atoms with Crippen LogP contribution in [0.5, 0.6) is 17.2 Å². The largest absolute Gasteiger partial charge is 0.508 e. The number of benzene rings is 2. The Balaban J connectivity index is 1.95. The van der Waals surface area contributed by atoms with Gasteiger partial charge in [-0.15, -0.1) is 0 Å². The van der Waals surface area contributed by atoms with Crippen LogP contribution in [0.25, 0.3) is 0 Å². The van der Waals surface area contributed by atoms with E-state index in [-0.39, 0.29) is 17.4 Å². The SMILES string of the molecule is COc1ccccc1N[C@H](C)C(=O)N/N=C\c1ccc(O)cc1O. The minimum absolute atomic E-state index is 0.0525. The lowest BCUT2D eigenvalue weighted by atomic mass is 10.2. The lowest BCUT2D eigenvalue weighted by Gasteiger charge is -2.15. The van der Waals surface area contributed by atoms with Crippen LogP contribution >= 0.6 is 0 Å². The third kappa shape index (κ3) is 4.39. The van der Waals surface area contributed by atoms with E-state index < -0.39 is 6.04 Å². The predicted molar refractivity (Wildman–Crippen MR) is 91.6 cm³/mol. The maximum atomic E-state index is 12.0. The smallest absolute Gasteiger partial charge is 0.262 e. The van der Waals surface area contributed by atoms with Crippen molar-refractivity contribution in [3.05, 3.63) is 48.0 Å². The zero-order chi connectivity index (χ0) is 17.5. The van der Waals surface area contributed by atoms with E-state index in [1.807, 2.05) is 12.1 Å². The molecule has 2 aromatic rings. The van der Waals surface area contributed by atoms with Crippen LogP contribution in [-0.2, 0) is 4.79 Å². The summed E-state index contributed by atoms with van der Waals surface area (Å²) in [6.07, 6.45) is 1.29. The van der Waals surface area contributed by atoms with Gasteiger partial charge in [0, 0.05) is 11.6 Å². The maximum Gasteiger partial charge on any atom is 0.262 e. The molecule has 0 aliphatic rings. The van der Waals surface area contributed by atoms with Crippen LogP contribution in [-0.4, -0.2) is 35.5 Å². The van der Waals surface area contributed by atoms with E-state index in [4.69, 9.17) is 4.74 Å². The molecule has 0 saturated carbocycles. The molecule has 0 unspecified atom stereocenters. The number of phenolic OH excluding ortho intramolecular Hbond substituents is 2. The summed E-state index contributed by atoms with van der Waals surface area (Å²) in [5.41, 5.74) is 3.45. The highest BCUT2D eigenvalue weighted by molar-refractivity contribution is 5.88. The van der Waals surface area contributed by atoms with Crippen molar-refractivity contribution in [3.63, 3.8) is 0 Å². The molecule has 0 radical (unpaired) electrons. The van der Waals surface area contributed by atoms with Gasteiger partial charge < -0.3 is 20.3 Å². The lowest BCUT2D eigenvalue weighted by Crippen LogP contribution is -2.35. The summed E-state index contributed by atoms with van der Waals surface area (Å²) in [5, 5.41) is 25.7. The quantitative estimate of drug-likeness (QED) is 0.480. The molecule has 0 fully saturated rings. The van der Waals surface area contributed by atoms with Gasteiger partial charge in [-0.3, -0.25) is 4.79 Å². The topological polar surface area (TPSA) is 103 Å². The molecule has 0 aromatic heterocycles. The second kappa shape index (κ2) is 7.87. The molecule has 126 valence electrons. The number of aromatic hydroxyl groups is 2. The van der Waals surface area contributed by atoms with Crippen molar-refractivity contribution in [1.29, 1.82) is 0 Å². The monoisotopic (exact) mass is 329 g/mol. The number of ether oxygens (including phenoxy) is 1. The number of carbonyl (C=O) groups excluding carboxylic acids is 1. The van der Waals surface area contributed by atoms with Crippen LogP contribution in [0.1, 0.15) is 12.5 Å². The number of hydrogen-bond donors (Lipinski definition) is 4. The Kier molecular flexibility index (Phi) is 5.62. The first-order valence-electron chi connectivity index (χ1n) is 7.25. The summed E-state index contributed by atoms with van der Waals surface area (Å²) >= 11 is 0. The van der Waals surface area contributed by atoms with Crippen molar-refractivity contribution >= 4 is 17.8 Å². The Labute approximate surface area is 139 Å². The molecule has 0 heterocycles. The third-order valence-corrected chi connectivity index (χ3v) is 3.26. The molecule has 7 nitrogen and oxygen atoms in total. The van der Waals surface area contributed by atoms with Gasteiger partial charge >= 0.3 is 0 Å².